The maximum Gasteiger partial charge on any atom is 0.416 e. The standard InChI is InChI=1S/C31H32ClF3N4O4/c1-3-21-18-38(29(41)24-10-9-20(17-26(24)32)31(33,34)35)14-15-39(21)27-11-8-19(16-25(27)28(40)37-13-12-36)22-6-4-5-7-23(22)30(42)43-2/h4-11,16-17,21H,3,12-15,18,36H2,1-2H3,(H,37,40). The normalized spacial score (nSPS) is 15.3. The van der Waals surface area contributed by atoms with Crippen molar-refractivity contribution in [3.63, 3.8) is 0 Å². The van der Waals surface area contributed by atoms with E-state index in [9.17, 15) is 27.6 Å². The molecular formula is C31H32ClF3N4O4. The van der Waals surface area contributed by atoms with Crippen LogP contribution in [0.15, 0.2) is 60.7 Å². The number of piperazine rings is 1. The molecule has 1 unspecified atom stereocenters. The van der Waals surface area contributed by atoms with Crippen LogP contribution in [-0.2, 0) is 10.9 Å². The molecule has 0 spiro atoms. The van der Waals surface area contributed by atoms with E-state index in [0.29, 0.717) is 40.9 Å². The van der Waals surface area contributed by atoms with Crippen molar-refractivity contribution < 1.29 is 32.3 Å². The van der Waals surface area contributed by atoms with E-state index < -0.39 is 23.6 Å². The summed E-state index contributed by atoms with van der Waals surface area (Å²) in [6.07, 6.45) is -3.96. The van der Waals surface area contributed by atoms with Gasteiger partial charge in [-0.05, 0) is 53.9 Å². The van der Waals surface area contributed by atoms with E-state index in [2.05, 4.69) is 5.32 Å². The minimum Gasteiger partial charge on any atom is -0.465 e. The third kappa shape index (κ3) is 6.94. The number of nitrogens with two attached hydrogens (primary N) is 1. The fourth-order valence-electron chi connectivity index (χ4n) is 5.18. The van der Waals surface area contributed by atoms with Crippen molar-refractivity contribution in [3.8, 4) is 11.1 Å². The Hall–Kier alpha value is -4.09. The molecule has 2 amide bonds. The number of ether oxygens (including phenoxy) is 1. The molecule has 4 rings (SSSR count). The van der Waals surface area contributed by atoms with Crippen LogP contribution in [0.3, 0.4) is 0 Å². The summed E-state index contributed by atoms with van der Waals surface area (Å²) in [6.45, 7) is 3.34. The van der Waals surface area contributed by atoms with Gasteiger partial charge >= 0.3 is 12.1 Å². The summed E-state index contributed by atoms with van der Waals surface area (Å²) < 4.78 is 44.2. The summed E-state index contributed by atoms with van der Waals surface area (Å²) in [6, 6.07) is 14.8. The molecule has 0 aliphatic carbocycles. The molecule has 228 valence electrons. The molecule has 1 heterocycles. The van der Waals surface area contributed by atoms with Crippen molar-refractivity contribution in [2.75, 3.05) is 44.7 Å². The second kappa shape index (κ2) is 13.5. The van der Waals surface area contributed by atoms with Crippen molar-refractivity contribution in [2.45, 2.75) is 25.6 Å². The van der Waals surface area contributed by atoms with E-state index in [1.54, 1.807) is 35.2 Å². The quantitative estimate of drug-likeness (QED) is 0.336. The number of nitrogens with zero attached hydrogens (tertiary/aromatic N) is 2. The number of methoxy groups -OCH3 is 1. The Morgan fingerprint density at radius 3 is 2.42 bits per heavy atom. The van der Waals surface area contributed by atoms with Crippen molar-refractivity contribution in [1.29, 1.82) is 0 Å². The third-order valence-electron chi connectivity index (χ3n) is 7.39. The summed E-state index contributed by atoms with van der Waals surface area (Å²) in [5.74, 6) is -1.32. The fraction of sp³-hybridized carbons (Fsp3) is 0.323. The molecule has 0 aromatic heterocycles. The van der Waals surface area contributed by atoms with Gasteiger partial charge in [-0.25, -0.2) is 4.79 Å². The van der Waals surface area contributed by atoms with E-state index in [1.165, 1.54) is 7.11 Å². The molecule has 12 heteroatoms. The fourth-order valence-corrected chi connectivity index (χ4v) is 5.44. The summed E-state index contributed by atoms with van der Waals surface area (Å²) >= 11 is 6.11. The molecule has 0 saturated carbocycles. The second-order valence-corrected chi connectivity index (χ2v) is 10.4. The van der Waals surface area contributed by atoms with E-state index in [4.69, 9.17) is 22.1 Å². The van der Waals surface area contributed by atoms with Crippen LogP contribution in [0.2, 0.25) is 5.02 Å². The van der Waals surface area contributed by atoms with E-state index in [1.807, 2.05) is 24.0 Å². The number of hydrogen-bond acceptors (Lipinski definition) is 6. The first-order valence-electron chi connectivity index (χ1n) is 13.7. The molecule has 1 fully saturated rings. The summed E-state index contributed by atoms with van der Waals surface area (Å²) in [4.78, 5) is 42.7. The number of amides is 2. The zero-order chi connectivity index (χ0) is 31.3. The van der Waals surface area contributed by atoms with Crippen LogP contribution in [0.5, 0.6) is 0 Å². The minimum atomic E-state index is -4.57. The first-order valence-corrected chi connectivity index (χ1v) is 14.1. The number of hydrogen-bond donors (Lipinski definition) is 2. The van der Waals surface area contributed by atoms with E-state index >= 15 is 0 Å². The largest absolute Gasteiger partial charge is 0.465 e. The Morgan fingerprint density at radius 1 is 1.02 bits per heavy atom. The molecule has 1 aliphatic heterocycles. The van der Waals surface area contributed by atoms with Crippen molar-refractivity contribution in [1.82, 2.24) is 10.2 Å². The van der Waals surface area contributed by atoms with Crippen LogP contribution in [0.1, 0.15) is 50.0 Å². The number of rotatable bonds is 8. The van der Waals surface area contributed by atoms with Crippen LogP contribution >= 0.6 is 11.6 Å². The first kappa shape index (κ1) is 31.8. The zero-order valence-corrected chi connectivity index (χ0v) is 24.5. The highest BCUT2D eigenvalue weighted by Gasteiger charge is 2.34. The number of halogens is 4. The number of carbonyl (C=O) groups is 3. The number of carbonyl (C=O) groups excluding carboxylic acids is 3. The highest BCUT2D eigenvalue weighted by Crippen LogP contribution is 2.35. The molecular weight excluding hydrogens is 585 g/mol. The molecule has 3 N–H and O–H groups in total. The molecule has 1 saturated heterocycles. The maximum absolute atomic E-state index is 13.4. The summed E-state index contributed by atoms with van der Waals surface area (Å²) in [7, 11) is 1.30. The van der Waals surface area contributed by atoms with E-state index in [0.717, 1.165) is 18.2 Å². The topological polar surface area (TPSA) is 105 Å². The second-order valence-electron chi connectivity index (χ2n) is 10.0. The van der Waals surface area contributed by atoms with Crippen molar-refractivity contribution in [3.05, 3.63) is 87.9 Å². The molecule has 3 aromatic rings. The lowest BCUT2D eigenvalue weighted by molar-refractivity contribution is -0.137. The van der Waals surface area contributed by atoms with Gasteiger partial charge in [0.2, 0.25) is 0 Å². The smallest absolute Gasteiger partial charge is 0.416 e. The van der Waals surface area contributed by atoms with Crippen molar-refractivity contribution >= 4 is 35.1 Å². The Kier molecular flexibility index (Phi) is 9.98. The Bertz CT molecular complexity index is 1510. The lowest BCUT2D eigenvalue weighted by Crippen LogP contribution is -2.55. The van der Waals surface area contributed by atoms with Crippen LogP contribution in [0.25, 0.3) is 11.1 Å². The number of nitrogens with one attached hydrogen (secondary N) is 1. The Morgan fingerprint density at radius 2 is 1.77 bits per heavy atom. The van der Waals surface area contributed by atoms with Gasteiger partial charge in [0.25, 0.3) is 11.8 Å². The number of esters is 1. The van der Waals surface area contributed by atoms with Gasteiger partial charge in [-0.1, -0.05) is 42.8 Å². The third-order valence-corrected chi connectivity index (χ3v) is 7.70. The molecule has 43 heavy (non-hydrogen) atoms. The van der Waals surface area contributed by atoms with Gasteiger partial charge in [0.05, 0.1) is 34.4 Å². The Balaban J connectivity index is 1.66. The van der Waals surface area contributed by atoms with Crippen LogP contribution < -0.4 is 16.0 Å². The Labute approximate surface area is 252 Å². The summed E-state index contributed by atoms with van der Waals surface area (Å²) in [5.41, 5.74) is 7.29. The SMILES string of the molecule is CCC1CN(C(=O)c2ccc(C(F)(F)F)cc2Cl)CCN1c1ccc(-c2ccccc2C(=O)OC)cc1C(=O)NCCN. The average molecular weight is 617 g/mol. The highest BCUT2D eigenvalue weighted by atomic mass is 35.5. The van der Waals surface area contributed by atoms with Gasteiger partial charge < -0.3 is 25.6 Å². The van der Waals surface area contributed by atoms with Gasteiger partial charge in [-0.15, -0.1) is 0 Å². The van der Waals surface area contributed by atoms with Crippen LogP contribution in [0.4, 0.5) is 18.9 Å². The molecule has 0 bridgehead atoms. The monoisotopic (exact) mass is 616 g/mol. The van der Waals surface area contributed by atoms with Gasteiger partial charge in [0, 0.05) is 44.5 Å². The predicted octanol–water partition coefficient (Wildman–Crippen LogP) is 5.24. The number of alkyl halides is 3. The van der Waals surface area contributed by atoms with Gasteiger partial charge in [0.1, 0.15) is 0 Å². The number of anilines is 1. The maximum atomic E-state index is 13.4. The van der Waals surface area contributed by atoms with Crippen molar-refractivity contribution in [2.24, 2.45) is 5.73 Å². The molecule has 1 aliphatic rings. The van der Waals surface area contributed by atoms with Crippen LogP contribution in [0, 0.1) is 0 Å². The predicted molar refractivity (Wildman–Crippen MR) is 158 cm³/mol. The molecule has 3 aromatic carbocycles. The highest BCUT2D eigenvalue weighted by molar-refractivity contribution is 6.33. The minimum absolute atomic E-state index is 0.00607. The number of benzene rings is 3. The lowest BCUT2D eigenvalue weighted by atomic mass is 9.95. The lowest BCUT2D eigenvalue weighted by Gasteiger charge is -2.43. The first-order chi connectivity index (χ1) is 20.5. The van der Waals surface area contributed by atoms with Gasteiger partial charge in [-0.3, -0.25) is 9.59 Å². The van der Waals surface area contributed by atoms with Gasteiger partial charge in [0.15, 0.2) is 0 Å². The van der Waals surface area contributed by atoms with E-state index in [-0.39, 0.29) is 48.7 Å². The molecule has 8 nitrogen and oxygen atoms in total. The van der Waals surface area contributed by atoms with Gasteiger partial charge in [-0.2, -0.15) is 13.2 Å². The zero-order valence-electron chi connectivity index (χ0n) is 23.7. The van der Waals surface area contributed by atoms with Crippen LogP contribution in [-0.4, -0.2) is 68.6 Å². The summed E-state index contributed by atoms with van der Waals surface area (Å²) in [5, 5.41) is 2.55. The molecule has 1 atom stereocenters. The average Bonchev–Trinajstić information content (AvgIpc) is 3.01. The molecule has 0 radical (unpaired) electrons.